The van der Waals surface area contributed by atoms with Crippen LogP contribution in [0.2, 0.25) is 0 Å². The quantitative estimate of drug-likeness (QED) is 0.744. The zero-order valence-electron chi connectivity index (χ0n) is 11.4. The molecule has 6 heteroatoms. The molecule has 0 aliphatic heterocycles. The van der Waals surface area contributed by atoms with E-state index in [9.17, 15) is 9.59 Å². The standard InChI is InChI=1S/C13H20N2O3S/c1-13(2,3)14-8-11(16)15-9(7-12(17)18)10-5-4-6-19-10/h4-6,9,14H,7-8H2,1-3H3,(H,15,16)(H,17,18). The lowest BCUT2D eigenvalue weighted by molar-refractivity contribution is -0.137. The van der Waals surface area contributed by atoms with E-state index in [1.54, 1.807) is 0 Å². The summed E-state index contributed by atoms with van der Waals surface area (Å²) in [5, 5.41) is 16.6. The molecular weight excluding hydrogens is 264 g/mol. The molecule has 1 rings (SSSR count). The first-order valence-electron chi connectivity index (χ1n) is 6.07. The van der Waals surface area contributed by atoms with Crippen molar-refractivity contribution in [2.24, 2.45) is 0 Å². The molecule has 0 radical (unpaired) electrons. The number of thiophene rings is 1. The van der Waals surface area contributed by atoms with Gasteiger partial charge in [0.25, 0.3) is 0 Å². The molecule has 0 saturated heterocycles. The van der Waals surface area contributed by atoms with Crippen molar-refractivity contribution < 1.29 is 14.7 Å². The van der Waals surface area contributed by atoms with Crippen LogP contribution in [-0.2, 0) is 9.59 Å². The predicted molar refractivity (Wildman–Crippen MR) is 75.2 cm³/mol. The monoisotopic (exact) mass is 284 g/mol. The minimum atomic E-state index is -0.928. The van der Waals surface area contributed by atoms with Gasteiger partial charge in [-0.25, -0.2) is 0 Å². The molecule has 1 unspecified atom stereocenters. The van der Waals surface area contributed by atoms with Gasteiger partial charge in [-0.05, 0) is 32.2 Å². The number of carbonyl (C=O) groups is 2. The van der Waals surface area contributed by atoms with E-state index in [1.807, 2.05) is 38.3 Å². The molecule has 5 nitrogen and oxygen atoms in total. The maximum absolute atomic E-state index is 11.8. The van der Waals surface area contributed by atoms with Gasteiger partial charge in [0, 0.05) is 10.4 Å². The van der Waals surface area contributed by atoms with Crippen LogP contribution in [0.25, 0.3) is 0 Å². The van der Waals surface area contributed by atoms with Gasteiger partial charge < -0.3 is 15.7 Å². The number of carboxylic acids is 1. The number of hydrogen-bond acceptors (Lipinski definition) is 4. The van der Waals surface area contributed by atoms with Gasteiger partial charge in [-0.3, -0.25) is 9.59 Å². The summed E-state index contributed by atoms with van der Waals surface area (Å²) in [6.07, 6.45) is -0.109. The third kappa shape index (κ3) is 6.35. The van der Waals surface area contributed by atoms with Crippen LogP contribution in [0.1, 0.15) is 38.1 Å². The highest BCUT2D eigenvalue weighted by Crippen LogP contribution is 2.21. The lowest BCUT2D eigenvalue weighted by Gasteiger charge is -2.21. The van der Waals surface area contributed by atoms with Gasteiger partial charge in [-0.15, -0.1) is 11.3 Å². The molecule has 0 saturated carbocycles. The highest BCUT2D eigenvalue weighted by molar-refractivity contribution is 7.10. The maximum Gasteiger partial charge on any atom is 0.305 e. The van der Waals surface area contributed by atoms with Gasteiger partial charge in [0.1, 0.15) is 0 Å². The fourth-order valence-corrected chi connectivity index (χ4v) is 2.26. The number of carboxylic acid groups (broad SMARTS) is 1. The Morgan fingerprint density at radius 1 is 1.42 bits per heavy atom. The zero-order valence-corrected chi connectivity index (χ0v) is 12.2. The molecule has 1 atom stereocenters. The molecule has 3 N–H and O–H groups in total. The summed E-state index contributed by atoms with van der Waals surface area (Å²) in [4.78, 5) is 23.5. The van der Waals surface area contributed by atoms with E-state index in [4.69, 9.17) is 5.11 Å². The largest absolute Gasteiger partial charge is 0.481 e. The molecule has 0 fully saturated rings. The average Bonchev–Trinajstić information content (AvgIpc) is 2.77. The summed E-state index contributed by atoms with van der Waals surface area (Å²) < 4.78 is 0. The minimum Gasteiger partial charge on any atom is -0.481 e. The Kier molecular flexibility index (Phi) is 5.50. The van der Waals surface area contributed by atoms with Crippen LogP contribution in [0.3, 0.4) is 0 Å². The van der Waals surface area contributed by atoms with Gasteiger partial charge >= 0.3 is 5.97 Å². The fraction of sp³-hybridized carbons (Fsp3) is 0.538. The van der Waals surface area contributed by atoms with Crippen LogP contribution in [0.15, 0.2) is 17.5 Å². The molecule has 0 aliphatic carbocycles. The van der Waals surface area contributed by atoms with Crippen molar-refractivity contribution in [1.29, 1.82) is 0 Å². The lowest BCUT2D eigenvalue weighted by atomic mass is 10.1. The van der Waals surface area contributed by atoms with Gasteiger partial charge in [-0.1, -0.05) is 6.07 Å². The Hall–Kier alpha value is -1.40. The molecule has 1 aromatic rings. The van der Waals surface area contributed by atoms with Gasteiger partial charge in [0.2, 0.25) is 5.91 Å². The smallest absolute Gasteiger partial charge is 0.305 e. The number of rotatable bonds is 6. The molecule has 0 aromatic carbocycles. The number of amides is 1. The van der Waals surface area contributed by atoms with Crippen LogP contribution < -0.4 is 10.6 Å². The molecule has 0 bridgehead atoms. The second kappa shape index (κ2) is 6.68. The molecular formula is C13H20N2O3S. The second-order valence-corrected chi connectivity index (χ2v) is 6.32. The predicted octanol–water partition coefficient (Wildman–Crippen LogP) is 1.77. The Bertz CT molecular complexity index is 424. The molecule has 106 valence electrons. The number of hydrogen-bond donors (Lipinski definition) is 3. The molecule has 1 heterocycles. The van der Waals surface area contributed by atoms with Crippen LogP contribution in [-0.4, -0.2) is 29.1 Å². The molecule has 0 aliphatic rings. The van der Waals surface area contributed by atoms with E-state index >= 15 is 0 Å². The number of aliphatic carboxylic acids is 1. The van der Waals surface area contributed by atoms with Gasteiger partial charge in [-0.2, -0.15) is 0 Å². The van der Waals surface area contributed by atoms with E-state index in [1.165, 1.54) is 11.3 Å². The minimum absolute atomic E-state index is 0.109. The van der Waals surface area contributed by atoms with E-state index in [2.05, 4.69) is 10.6 Å². The van der Waals surface area contributed by atoms with E-state index in [-0.39, 0.29) is 24.4 Å². The van der Waals surface area contributed by atoms with Crippen molar-refractivity contribution in [3.05, 3.63) is 22.4 Å². The first-order valence-corrected chi connectivity index (χ1v) is 6.95. The fourth-order valence-electron chi connectivity index (χ4n) is 1.48. The van der Waals surface area contributed by atoms with Crippen molar-refractivity contribution in [2.75, 3.05) is 6.54 Å². The molecule has 1 amide bonds. The molecule has 1 aromatic heterocycles. The van der Waals surface area contributed by atoms with Gasteiger partial charge in [0.15, 0.2) is 0 Å². The number of nitrogens with one attached hydrogen (secondary N) is 2. The zero-order chi connectivity index (χ0) is 14.5. The van der Waals surface area contributed by atoms with Crippen molar-refractivity contribution in [2.45, 2.75) is 38.8 Å². The maximum atomic E-state index is 11.8. The summed E-state index contributed by atoms with van der Waals surface area (Å²) in [5.41, 5.74) is -0.150. The lowest BCUT2D eigenvalue weighted by Crippen LogP contribution is -2.44. The van der Waals surface area contributed by atoms with E-state index < -0.39 is 12.0 Å². The van der Waals surface area contributed by atoms with Crippen LogP contribution in [0.4, 0.5) is 0 Å². The molecule has 19 heavy (non-hydrogen) atoms. The van der Waals surface area contributed by atoms with Crippen LogP contribution in [0, 0.1) is 0 Å². The summed E-state index contributed by atoms with van der Waals surface area (Å²) in [6, 6.07) is 3.20. The van der Waals surface area contributed by atoms with E-state index in [0.29, 0.717) is 0 Å². The van der Waals surface area contributed by atoms with Crippen LogP contribution in [0.5, 0.6) is 0 Å². The van der Waals surface area contributed by atoms with Crippen LogP contribution >= 0.6 is 11.3 Å². The van der Waals surface area contributed by atoms with E-state index in [0.717, 1.165) is 4.88 Å². The summed E-state index contributed by atoms with van der Waals surface area (Å²) in [5.74, 6) is -1.13. The third-order valence-electron chi connectivity index (χ3n) is 2.38. The van der Waals surface area contributed by atoms with Crippen molar-refractivity contribution >= 4 is 23.2 Å². The third-order valence-corrected chi connectivity index (χ3v) is 3.37. The normalized spacial score (nSPS) is 13.0. The second-order valence-electron chi connectivity index (χ2n) is 5.34. The molecule has 0 spiro atoms. The number of carbonyl (C=O) groups excluding carboxylic acids is 1. The van der Waals surface area contributed by atoms with Gasteiger partial charge in [0.05, 0.1) is 19.0 Å². The van der Waals surface area contributed by atoms with Crippen molar-refractivity contribution in [3.8, 4) is 0 Å². The Morgan fingerprint density at radius 2 is 2.11 bits per heavy atom. The summed E-state index contributed by atoms with van der Waals surface area (Å²) in [7, 11) is 0. The SMILES string of the molecule is CC(C)(C)NCC(=O)NC(CC(=O)O)c1cccs1. The highest BCUT2D eigenvalue weighted by Gasteiger charge is 2.19. The first kappa shape index (κ1) is 15.7. The average molecular weight is 284 g/mol. The summed E-state index contributed by atoms with van der Waals surface area (Å²) >= 11 is 1.44. The van der Waals surface area contributed by atoms with Crippen molar-refractivity contribution in [1.82, 2.24) is 10.6 Å². The highest BCUT2D eigenvalue weighted by atomic mass is 32.1. The Balaban J connectivity index is 2.58. The Morgan fingerprint density at radius 3 is 2.58 bits per heavy atom. The Labute approximate surface area is 117 Å². The first-order chi connectivity index (χ1) is 8.78. The summed E-state index contributed by atoms with van der Waals surface area (Å²) in [6.45, 7) is 6.07. The topological polar surface area (TPSA) is 78.4 Å². The van der Waals surface area contributed by atoms with Crippen molar-refractivity contribution in [3.63, 3.8) is 0 Å².